The molecule has 0 aliphatic heterocycles. The van der Waals surface area contributed by atoms with Crippen LogP contribution in [0.15, 0.2) is 24.3 Å². The third-order valence-electron chi connectivity index (χ3n) is 3.91. The molecule has 0 radical (unpaired) electrons. The number of benzene rings is 1. The number of hydrogen-bond acceptors (Lipinski definition) is 1. The Balaban J connectivity index is 2.11. The second-order valence-corrected chi connectivity index (χ2v) is 6.59. The van der Waals surface area contributed by atoms with E-state index in [1.54, 1.807) is 0 Å². The third-order valence-corrected chi connectivity index (χ3v) is 3.91. The zero-order chi connectivity index (χ0) is 12.6. The van der Waals surface area contributed by atoms with Crippen LogP contribution in [0.4, 0.5) is 0 Å². The lowest BCUT2D eigenvalue weighted by molar-refractivity contribution is 0.138. The van der Waals surface area contributed by atoms with Gasteiger partial charge in [-0.2, -0.15) is 0 Å². The van der Waals surface area contributed by atoms with Gasteiger partial charge in [-0.25, -0.2) is 0 Å². The number of rotatable bonds is 4. The maximum atomic E-state index is 10.4. The van der Waals surface area contributed by atoms with Crippen molar-refractivity contribution >= 4 is 0 Å². The smallest absolute Gasteiger partial charge is 0.0823 e. The van der Waals surface area contributed by atoms with E-state index >= 15 is 0 Å². The summed E-state index contributed by atoms with van der Waals surface area (Å²) < 4.78 is 0. The minimum absolute atomic E-state index is 0.280. The third kappa shape index (κ3) is 2.90. The van der Waals surface area contributed by atoms with Crippen LogP contribution in [-0.4, -0.2) is 5.11 Å². The number of hydrogen-bond donors (Lipinski definition) is 1. The molecule has 1 fully saturated rings. The highest BCUT2D eigenvalue weighted by atomic mass is 16.3. The molecule has 1 N–H and O–H groups in total. The van der Waals surface area contributed by atoms with Gasteiger partial charge < -0.3 is 5.11 Å². The summed E-state index contributed by atoms with van der Waals surface area (Å²) in [4.78, 5) is 0. The van der Waals surface area contributed by atoms with Crippen molar-refractivity contribution in [2.24, 2.45) is 17.3 Å². The van der Waals surface area contributed by atoms with Crippen LogP contribution in [0.5, 0.6) is 0 Å². The van der Waals surface area contributed by atoms with E-state index in [4.69, 9.17) is 0 Å². The summed E-state index contributed by atoms with van der Waals surface area (Å²) in [6.07, 6.45) is 1.95. The van der Waals surface area contributed by atoms with Gasteiger partial charge in [0.1, 0.15) is 0 Å². The van der Waals surface area contributed by atoms with Gasteiger partial charge in [-0.05, 0) is 41.2 Å². The molecule has 1 nitrogen and oxygen atoms in total. The van der Waals surface area contributed by atoms with E-state index in [9.17, 15) is 5.11 Å². The van der Waals surface area contributed by atoms with Crippen molar-refractivity contribution in [2.45, 2.75) is 46.6 Å². The lowest BCUT2D eigenvalue weighted by Crippen LogP contribution is -2.05. The van der Waals surface area contributed by atoms with Gasteiger partial charge in [0.2, 0.25) is 0 Å². The fourth-order valence-electron chi connectivity index (χ4n) is 2.65. The van der Waals surface area contributed by atoms with E-state index in [0.717, 1.165) is 18.4 Å². The molecule has 1 aliphatic carbocycles. The van der Waals surface area contributed by atoms with Gasteiger partial charge >= 0.3 is 0 Å². The van der Waals surface area contributed by atoms with Crippen molar-refractivity contribution in [2.75, 3.05) is 0 Å². The molecule has 1 aromatic carbocycles. The fourth-order valence-corrected chi connectivity index (χ4v) is 2.65. The van der Waals surface area contributed by atoms with E-state index in [0.29, 0.717) is 17.3 Å². The summed E-state index contributed by atoms with van der Waals surface area (Å²) in [6, 6.07) is 8.47. The Labute approximate surface area is 105 Å². The Hall–Kier alpha value is -0.820. The summed E-state index contributed by atoms with van der Waals surface area (Å²) in [7, 11) is 0. The zero-order valence-electron chi connectivity index (χ0n) is 11.4. The van der Waals surface area contributed by atoms with Crippen molar-refractivity contribution < 1.29 is 5.11 Å². The van der Waals surface area contributed by atoms with E-state index in [1.807, 2.05) is 0 Å². The van der Waals surface area contributed by atoms with Crippen molar-refractivity contribution in [3.05, 3.63) is 35.4 Å². The predicted octanol–water partition coefficient (Wildman–Crippen LogP) is 3.96. The molecule has 0 saturated heterocycles. The molecule has 94 valence electrons. The number of aliphatic hydroxyl groups excluding tert-OH is 1. The van der Waals surface area contributed by atoms with Crippen LogP contribution in [0.2, 0.25) is 0 Å². The molecule has 0 aromatic heterocycles. The summed E-state index contributed by atoms with van der Waals surface area (Å²) in [5, 5.41) is 10.4. The molecule has 1 aliphatic rings. The average Bonchev–Trinajstić information content (AvgIpc) is 2.86. The first-order chi connectivity index (χ1) is 7.90. The molecule has 17 heavy (non-hydrogen) atoms. The van der Waals surface area contributed by atoms with Gasteiger partial charge in [0.15, 0.2) is 0 Å². The first-order valence-electron chi connectivity index (χ1n) is 6.67. The van der Waals surface area contributed by atoms with Crippen LogP contribution in [0, 0.1) is 17.3 Å². The van der Waals surface area contributed by atoms with Crippen LogP contribution in [0.25, 0.3) is 0 Å². The Bertz CT molecular complexity index is 392. The van der Waals surface area contributed by atoms with Gasteiger partial charge in [0, 0.05) is 0 Å². The van der Waals surface area contributed by atoms with Crippen LogP contribution in [0.3, 0.4) is 0 Å². The van der Waals surface area contributed by atoms with Crippen molar-refractivity contribution in [1.29, 1.82) is 0 Å². The molecule has 2 atom stereocenters. The van der Waals surface area contributed by atoms with Gasteiger partial charge in [0.05, 0.1) is 6.10 Å². The summed E-state index contributed by atoms with van der Waals surface area (Å²) in [5.74, 6) is 1.11. The molecular weight excluding hydrogens is 208 g/mol. The average molecular weight is 232 g/mol. The molecule has 0 heterocycles. The van der Waals surface area contributed by atoms with Crippen LogP contribution < -0.4 is 0 Å². The minimum Gasteiger partial charge on any atom is -0.388 e. The second kappa shape index (κ2) is 4.45. The highest BCUT2D eigenvalue weighted by Crippen LogP contribution is 2.57. The quantitative estimate of drug-likeness (QED) is 0.833. The lowest BCUT2D eigenvalue weighted by Gasteiger charge is -2.14. The van der Waals surface area contributed by atoms with Crippen LogP contribution in [0.1, 0.15) is 51.3 Å². The number of aliphatic hydroxyl groups is 1. The molecule has 2 unspecified atom stereocenters. The maximum absolute atomic E-state index is 10.4. The van der Waals surface area contributed by atoms with Gasteiger partial charge in [-0.1, -0.05) is 52.0 Å². The predicted molar refractivity (Wildman–Crippen MR) is 71.8 cm³/mol. The van der Waals surface area contributed by atoms with E-state index < -0.39 is 0 Å². The summed E-state index contributed by atoms with van der Waals surface area (Å²) >= 11 is 0. The molecule has 2 rings (SSSR count). The Morgan fingerprint density at radius 2 is 2.00 bits per heavy atom. The first kappa shape index (κ1) is 12.6. The Morgan fingerprint density at radius 1 is 1.35 bits per heavy atom. The van der Waals surface area contributed by atoms with Crippen molar-refractivity contribution in [3.63, 3.8) is 0 Å². The Morgan fingerprint density at radius 3 is 2.53 bits per heavy atom. The standard InChI is InChI=1S/C16H24O/c1-11(2)8-12-6-5-7-13(9-12)15(17)14-10-16(14,3)4/h5-7,9,11,14-15,17H,8,10H2,1-4H3. The largest absolute Gasteiger partial charge is 0.388 e. The highest BCUT2D eigenvalue weighted by Gasteiger charge is 2.50. The van der Waals surface area contributed by atoms with Crippen molar-refractivity contribution in [3.8, 4) is 0 Å². The molecule has 0 amide bonds. The molecule has 0 spiro atoms. The SMILES string of the molecule is CC(C)Cc1cccc(C(O)C2CC2(C)C)c1. The summed E-state index contributed by atoms with van der Waals surface area (Å²) in [6.45, 7) is 8.93. The van der Waals surface area contributed by atoms with E-state index in [1.165, 1.54) is 5.56 Å². The molecule has 1 heteroatoms. The van der Waals surface area contributed by atoms with E-state index in [-0.39, 0.29) is 6.10 Å². The lowest BCUT2D eigenvalue weighted by atomic mass is 9.95. The zero-order valence-corrected chi connectivity index (χ0v) is 11.4. The Kier molecular flexibility index (Phi) is 3.31. The second-order valence-electron chi connectivity index (χ2n) is 6.59. The molecule has 1 saturated carbocycles. The molecule has 0 bridgehead atoms. The maximum Gasteiger partial charge on any atom is 0.0823 e. The normalized spacial score (nSPS) is 23.8. The molecular formula is C16H24O. The monoisotopic (exact) mass is 232 g/mol. The topological polar surface area (TPSA) is 20.2 Å². The minimum atomic E-state index is -0.280. The molecule has 1 aromatic rings. The summed E-state index contributed by atoms with van der Waals surface area (Å²) in [5.41, 5.74) is 2.77. The fraction of sp³-hybridized carbons (Fsp3) is 0.625. The van der Waals surface area contributed by atoms with Crippen LogP contribution in [-0.2, 0) is 6.42 Å². The van der Waals surface area contributed by atoms with E-state index in [2.05, 4.69) is 52.0 Å². The van der Waals surface area contributed by atoms with Gasteiger partial charge in [0.25, 0.3) is 0 Å². The van der Waals surface area contributed by atoms with Crippen LogP contribution >= 0.6 is 0 Å². The van der Waals surface area contributed by atoms with Crippen molar-refractivity contribution in [1.82, 2.24) is 0 Å². The highest BCUT2D eigenvalue weighted by molar-refractivity contribution is 5.27. The first-order valence-corrected chi connectivity index (χ1v) is 6.67. The van der Waals surface area contributed by atoms with Gasteiger partial charge in [-0.15, -0.1) is 0 Å². The van der Waals surface area contributed by atoms with Gasteiger partial charge in [-0.3, -0.25) is 0 Å².